The number of allylic oxidation sites excluding steroid dienone is 2. The van der Waals surface area contributed by atoms with Crippen LogP contribution in [0.2, 0.25) is 0 Å². The highest BCUT2D eigenvalue weighted by Gasteiger charge is 2.30. The van der Waals surface area contributed by atoms with Gasteiger partial charge in [-0.1, -0.05) is 212 Å². The Bertz CT molecular complexity index is 7040. The molecule has 0 fully saturated rings. The van der Waals surface area contributed by atoms with Crippen molar-refractivity contribution in [1.82, 2.24) is 83.6 Å². The van der Waals surface area contributed by atoms with Crippen LogP contribution in [-0.4, -0.2) is 161 Å². The number of nitrogens with zero attached hydrogens (tertiary/aromatic N) is 15. The Balaban J connectivity index is 0.000000196. The van der Waals surface area contributed by atoms with Crippen LogP contribution in [0.5, 0.6) is 0 Å². The van der Waals surface area contributed by atoms with E-state index in [-0.39, 0.29) is 58.5 Å². The van der Waals surface area contributed by atoms with E-state index < -0.39 is 49.7 Å². The first-order chi connectivity index (χ1) is 62.4. The Morgan fingerprint density at radius 2 is 0.713 bits per heavy atom. The third kappa shape index (κ3) is 29.0. The van der Waals surface area contributed by atoms with Crippen molar-refractivity contribution in [2.75, 3.05) is 33.7 Å². The molecule has 0 aliphatic carbocycles. The fourth-order valence-corrected chi connectivity index (χ4v) is 18.1. The largest absolute Gasteiger partial charge is 0.343 e. The summed E-state index contributed by atoms with van der Waals surface area (Å²) in [6, 6.07) is 35.5. The number of carbonyl (C=O) groups is 1. The fraction of sp³-hybridized carbons (Fsp3) is 0.392. The van der Waals surface area contributed by atoms with Crippen LogP contribution in [0.15, 0.2) is 213 Å². The number of nitrogens with two attached hydrogens (primary N) is 1. The number of nitrogens with one attached hydrogen (secondary N) is 2. The van der Waals surface area contributed by atoms with Crippen molar-refractivity contribution in [2.45, 2.75) is 256 Å². The van der Waals surface area contributed by atoms with E-state index in [0.717, 1.165) is 114 Å². The number of pyridine rings is 1. The molecule has 1 aliphatic heterocycles. The molecular formula is C102H132N18O11S5. The number of primary sulfonamides is 1. The Kier molecular flexibility index (Phi) is 34.3. The smallest absolute Gasteiger partial charge is 0.271 e. The van der Waals surface area contributed by atoms with Crippen molar-refractivity contribution in [3.05, 3.63) is 263 Å². The number of hydrogen-bond acceptors (Lipinski definition) is 24. The lowest BCUT2D eigenvalue weighted by atomic mass is 9.85. The molecule has 13 aromatic rings. The van der Waals surface area contributed by atoms with Gasteiger partial charge in [0.1, 0.15) is 0 Å². The van der Waals surface area contributed by atoms with E-state index in [1.165, 1.54) is 65.9 Å². The van der Waals surface area contributed by atoms with Crippen LogP contribution in [0.25, 0.3) is 67.5 Å². The molecule has 0 saturated heterocycles. The minimum absolute atomic E-state index is 0.0238. The number of sulfone groups is 2. The summed E-state index contributed by atoms with van der Waals surface area (Å²) in [4.78, 5) is 69.6. The molecule has 0 atom stereocenters. The number of aryl methyl sites for hydroxylation is 5. The van der Waals surface area contributed by atoms with Crippen molar-refractivity contribution in [3.63, 3.8) is 0 Å². The van der Waals surface area contributed by atoms with Crippen LogP contribution >= 0.6 is 0 Å². The molecule has 0 amide bonds. The number of H-pyrrole nitrogens is 1. The Hall–Kier alpha value is -11.6. The lowest BCUT2D eigenvalue weighted by Crippen LogP contribution is -2.22. The van der Waals surface area contributed by atoms with Crippen molar-refractivity contribution >= 4 is 66.8 Å². The second-order valence-electron chi connectivity index (χ2n) is 40.8. The van der Waals surface area contributed by atoms with Crippen LogP contribution in [-0.2, 0) is 94.1 Å². The zero-order chi connectivity index (χ0) is 102. The van der Waals surface area contributed by atoms with Gasteiger partial charge >= 0.3 is 0 Å². The molecule has 1 aliphatic rings. The number of aromatic amines is 1. The number of sulfonamides is 3. The number of carbonyl (C=O) groups excluding carboxylic acids is 1. The molecule has 136 heavy (non-hydrogen) atoms. The lowest BCUT2D eigenvalue weighted by molar-refractivity contribution is 0.0945. The molecule has 9 heterocycles. The average Bonchev–Trinajstić information content (AvgIpc) is 1.56. The Morgan fingerprint density at radius 1 is 0.382 bits per heavy atom. The molecule has 14 rings (SSSR count). The van der Waals surface area contributed by atoms with E-state index in [0.29, 0.717) is 38.1 Å². The van der Waals surface area contributed by atoms with Gasteiger partial charge in [-0.2, -0.15) is 5.10 Å². The van der Waals surface area contributed by atoms with Gasteiger partial charge in [-0.15, -0.1) is 0 Å². The standard InChI is InChI=1S/C17H23N3O2S.C16H21N3O2S.2C16H20N2O2S.C15H19N3O2S.C12H16N2O.C10H13N3/c1-12-16(17(2,3)4)19-15(11-18-12)13-8-7-9-14(10-13)23(21,22)20(5)6;1-11-15(16(2,3)4)19-14(10-18-11)12-7-6-8-13(9-12)22(20,21)17-5;1-11-15(16(2,3)4)18-14(10-17-11)12-6-8-13(9-7-12)21(5,19)20;1-11-15(16(2,3)4)18-14(10-17-11)12-7-6-8-13(9-12)21(5,19)20;1-10-14(15(2,3)4)18-13(9-17-10)11-6-5-7-12(8-11)21(16,19)20;1-8-5-10-9(12(2,3)4)7-13-14(10)11(15)6-8;1-10(2,3)7-4-5-11-9-8(7)12-6-13-9/h7-11H,1-6H3;6-10,17H,1-5H3;2*6-10H,1-5H3;5-9H,1-4H3,(H2,16,19,20);6-7H,5H2,1-4H3;4-6H,1-3H3,(H,11,12,13). The average molecular weight is 1950 g/mol. The maximum atomic E-state index is 12.3. The van der Waals surface area contributed by atoms with Crippen LogP contribution in [0.1, 0.15) is 231 Å². The van der Waals surface area contributed by atoms with E-state index in [1.807, 2.05) is 78.2 Å². The first kappa shape index (κ1) is 110. The normalized spacial score (nSPS) is 12.9. The second kappa shape index (κ2) is 42.5. The Morgan fingerprint density at radius 3 is 1.05 bits per heavy atom. The van der Waals surface area contributed by atoms with Gasteiger partial charge in [-0.3, -0.25) is 29.7 Å². The fourth-order valence-electron chi connectivity index (χ4n) is 14.5. The summed E-state index contributed by atoms with van der Waals surface area (Å²) < 4.78 is 123. The molecule has 4 N–H and O–H groups in total. The van der Waals surface area contributed by atoms with Gasteiger partial charge in [0.25, 0.3) is 5.91 Å². The van der Waals surface area contributed by atoms with E-state index >= 15 is 0 Å². The van der Waals surface area contributed by atoms with Crippen LogP contribution in [0, 0.1) is 34.6 Å². The van der Waals surface area contributed by atoms with E-state index in [9.17, 15) is 46.9 Å². The highest BCUT2D eigenvalue weighted by molar-refractivity contribution is 7.91. The van der Waals surface area contributed by atoms with E-state index in [1.54, 1.807) is 134 Å². The van der Waals surface area contributed by atoms with Crippen molar-refractivity contribution in [3.8, 4) is 56.3 Å². The zero-order valence-electron chi connectivity index (χ0n) is 84.3. The SMILES string of the molecule is CC(C)(C)c1ccnc2nc[nH]c12.CC1=CC(=O)n2ncc(C(C)(C)C)c2C1.CNS(=O)(=O)c1cccc(-c2cnc(C)c(C(C)(C)C)n2)c1.Cc1ncc(-c2ccc(S(C)(=O)=O)cc2)nc1C(C)(C)C.Cc1ncc(-c2cccc(S(=O)(=O)N(C)C)c2)nc1C(C)(C)C.Cc1ncc(-c2cccc(S(C)(=O)=O)c2)nc1C(C)(C)C.Cc1ncc(-c2cccc(S(N)(=O)=O)c2)nc1C(C)(C)C. The van der Waals surface area contributed by atoms with Gasteiger partial charge in [0, 0.05) is 100 Å². The summed E-state index contributed by atoms with van der Waals surface area (Å²) in [6.45, 7) is 55.9. The van der Waals surface area contributed by atoms with Gasteiger partial charge in [-0.05, 0) is 137 Å². The van der Waals surface area contributed by atoms with E-state index in [2.05, 4.69) is 210 Å². The number of rotatable bonds is 12. The third-order valence-corrected chi connectivity index (χ3v) is 27.8. The lowest BCUT2D eigenvalue weighted by Gasteiger charge is -2.21. The van der Waals surface area contributed by atoms with Crippen LogP contribution in [0.4, 0.5) is 0 Å². The zero-order valence-corrected chi connectivity index (χ0v) is 88.4. The predicted octanol–water partition coefficient (Wildman–Crippen LogP) is 18.9. The maximum absolute atomic E-state index is 12.3. The Labute approximate surface area is 805 Å². The van der Waals surface area contributed by atoms with Crippen molar-refractivity contribution in [1.29, 1.82) is 0 Å². The number of hydrogen-bond donors (Lipinski definition) is 3. The summed E-state index contributed by atoms with van der Waals surface area (Å²) in [6.07, 6.45) is 18.6. The molecule has 8 aromatic heterocycles. The predicted molar refractivity (Wildman–Crippen MR) is 541 cm³/mol. The summed E-state index contributed by atoms with van der Waals surface area (Å²) in [7, 11) is -12.6. The topological polar surface area (TPSA) is 417 Å². The van der Waals surface area contributed by atoms with Gasteiger partial charge in [0.2, 0.25) is 30.1 Å². The monoisotopic (exact) mass is 1940 g/mol. The molecule has 0 unspecified atom stereocenters. The third-order valence-electron chi connectivity index (χ3n) is 21.4. The molecule has 29 nitrogen and oxygen atoms in total. The molecule has 0 bridgehead atoms. The molecule has 0 saturated carbocycles. The van der Waals surface area contributed by atoms with Gasteiger partial charge in [0.05, 0.1) is 165 Å². The van der Waals surface area contributed by atoms with Crippen molar-refractivity contribution in [2.24, 2.45) is 5.14 Å². The summed E-state index contributed by atoms with van der Waals surface area (Å²) in [5.74, 6) is -0.0238. The molecule has 34 heteroatoms. The molecule has 0 radical (unpaired) electrons. The highest BCUT2D eigenvalue weighted by atomic mass is 32.2. The molecule has 5 aromatic carbocycles. The first-order valence-corrected chi connectivity index (χ1v) is 52.3. The first-order valence-electron chi connectivity index (χ1n) is 44.0. The highest BCUT2D eigenvalue weighted by Crippen LogP contribution is 2.36. The number of imidazole rings is 1. The molecule has 0 spiro atoms. The van der Waals surface area contributed by atoms with Crippen molar-refractivity contribution < 1.29 is 46.9 Å². The van der Waals surface area contributed by atoms with Crippen LogP contribution in [0.3, 0.4) is 0 Å². The second-order valence-corrected chi connectivity index (χ2v) is 50.4. The number of aromatic nitrogens is 15. The van der Waals surface area contributed by atoms with Crippen LogP contribution < -0.4 is 9.86 Å². The minimum atomic E-state index is -3.73. The summed E-state index contributed by atoms with van der Waals surface area (Å²) >= 11 is 0. The van der Waals surface area contributed by atoms with Gasteiger partial charge in [-0.25, -0.2) is 95.8 Å². The molecule has 726 valence electrons. The van der Waals surface area contributed by atoms with Gasteiger partial charge in [0.15, 0.2) is 25.3 Å². The summed E-state index contributed by atoms with van der Waals surface area (Å²) in [5.41, 5.74) is 22.3. The molecular weight excluding hydrogens is 1810 g/mol. The van der Waals surface area contributed by atoms with E-state index in [4.69, 9.17) is 15.1 Å². The van der Waals surface area contributed by atoms with Gasteiger partial charge < -0.3 is 4.98 Å². The maximum Gasteiger partial charge on any atom is 0.271 e. The summed E-state index contributed by atoms with van der Waals surface area (Å²) in [5, 5.41) is 9.32. The quantitative estimate of drug-likeness (QED) is 0.102. The number of benzene rings is 5. The minimum Gasteiger partial charge on any atom is -0.343 e. The number of fused-ring (bicyclic) bond motifs is 2.